The Bertz CT molecular complexity index is 177. The topological polar surface area (TPSA) is 94.8 Å². The molecule has 0 heterocycles. The summed E-state index contributed by atoms with van der Waals surface area (Å²) in [4.78, 5) is 20.6. The molecule has 0 spiro atoms. The third kappa shape index (κ3) is 3.34. The van der Waals surface area contributed by atoms with Crippen LogP contribution >= 0.6 is 0 Å². The van der Waals surface area contributed by atoms with Gasteiger partial charge in [0.2, 0.25) is 0 Å². The summed E-state index contributed by atoms with van der Waals surface area (Å²) in [7, 11) is 0. The Balaban J connectivity index is 4.02. The average molecular weight is 176 g/mol. The Labute approximate surface area is 69.6 Å². The number of aliphatic hydroxyl groups is 1. The van der Waals surface area contributed by atoms with Crippen molar-refractivity contribution in [3.8, 4) is 0 Å². The minimum atomic E-state index is -1.16. The minimum Gasteiger partial charge on any atom is -0.481 e. The number of aliphatic carboxylic acids is 2. The molecule has 0 aliphatic heterocycles. The van der Waals surface area contributed by atoms with E-state index in [4.69, 9.17) is 15.3 Å². The van der Waals surface area contributed by atoms with Gasteiger partial charge in [0.25, 0.3) is 0 Å². The summed E-state index contributed by atoms with van der Waals surface area (Å²) < 4.78 is 0. The number of rotatable bonds is 5. The lowest BCUT2D eigenvalue weighted by molar-refractivity contribution is -0.146. The van der Waals surface area contributed by atoms with E-state index in [2.05, 4.69) is 0 Å². The zero-order chi connectivity index (χ0) is 9.72. The van der Waals surface area contributed by atoms with E-state index in [1.807, 2.05) is 0 Å². The van der Waals surface area contributed by atoms with Crippen LogP contribution in [0.3, 0.4) is 0 Å². The van der Waals surface area contributed by atoms with E-state index in [0.29, 0.717) is 0 Å². The Morgan fingerprint density at radius 1 is 1.25 bits per heavy atom. The molecular formula is C7H12O5. The molecule has 12 heavy (non-hydrogen) atoms. The van der Waals surface area contributed by atoms with Gasteiger partial charge in [0.15, 0.2) is 0 Å². The fourth-order valence-electron chi connectivity index (χ4n) is 0.781. The van der Waals surface area contributed by atoms with Crippen molar-refractivity contribution >= 4 is 11.9 Å². The Morgan fingerprint density at radius 3 is 2.00 bits per heavy atom. The molecule has 0 aromatic carbocycles. The number of carboxylic acids is 2. The predicted octanol–water partition coefficient (Wildman–Crippen LogP) is -0.210. The van der Waals surface area contributed by atoms with E-state index < -0.39 is 30.4 Å². The van der Waals surface area contributed by atoms with E-state index in [-0.39, 0.29) is 6.42 Å². The number of hydrogen-bond donors (Lipinski definition) is 3. The fourth-order valence-corrected chi connectivity index (χ4v) is 0.781. The van der Waals surface area contributed by atoms with Crippen LogP contribution in [0, 0.1) is 11.8 Å². The van der Waals surface area contributed by atoms with Gasteiger partial charge in [0.05, 0.1) is 18.4 Å². The van der Waals surface area contributed by atoms with Crippen molar-refractivity contribution in [2.45, 2.75) is 13.3 Å². The van der Waals surface area contributed by atoms with Crippen molar-refractivity contribution in [1.29, 1.82) is 0 Å². The van der Waals surface area contributed by atoms with Crippen molar-refractivity contribution in [3.05, 3.63) is 0 Å². The summed E-state index contributed by atoms with van der Waals surface area (Å²) in [5.41, 5.74) is 0. The molecule has 0 amide bonds. The van der Waals surface area contributed by atoms with Crippen LogP contribution in [-0.4, -0.2) is 33.9 Å². The van der Waals surface area contributed by atoms with Gasteiger partial charge in [0, 0.05) is 0 Å². The van der Waals surface area contributed by atoms with Crippen LogP contribution in [0.2, 0.25) is 0 Å². The smallest absolute Gasteiger partial charge is 0.308 e. The minimum absolute atomic E-state index is 0.0405. The van der Waals surface area contributed by atoms with E-state index in [1.165, 1.54) is 6.92 Å². The normalized spacial score (nSPS) is 15.2. The molecule has 5 nitrogen and oxygen atoms in total. The lowest BCUT2D eigenvalue weighted by atomic mass is 9.97. The van der Waals surface area contributed by atoms with Crippen molar-refractivity contribution < 1.29 is 24.9 Å². The maximum absolute atomic E-state index is 10.3. The van der Waals surface area contributed by atoms with Crippen LogP contribution in [-0.2, 0) is 9.59 Å². The van der Waals surface area contributed by atoms with Gasteiger partial charge in [0.1, 0.15) is 0 Å². The molecule has 0 bridgehead atoms. The van der Waals surface area contributed by atoms with E-state index in [1.54, 1.807) is 0 Å². The van der Waals surface area contributed by atoms with Crippen LogP contribution in [0.4, 0.5) is 0 Å². The summed E-state index contributed by atoms with van der Waals surface area (Å²) in [6, 6.07) is 0. The highest BCUT2D eigenvalue weighted by atomic mass is 16.4. The summed E-state index contributed by atoms with van der Waals surface area (Å²) in [5, 5.41) is 25.4. The first-order valence-corrected chi connectivity index (χ1v) is 3.55. The molecule has 0 saturated heterocycles. The second-order valence-corrected chi connectivity index (χ2v) is 2.69. The first-order chi connectivity index (χ1) is 5.49. The second kappa shape index (κ2) is 4.71. The average Bonchev–Trinajstić information content (AvgIpc) is 1.98. The highest BCUT2D eigenvalue weighted by Crippen LogP contribution is 2.11. The Hall–Kier alpha value is -1.10. The third-order valence-electron chi connectivity index (χ3n) is 1.63. The number of hydrogen-bond acceptors (Lipinski definition) is 3. The quantitative estimate of drug-likeness (QED) is 0.538. The van der Waals surface area contributed by atoms with Gasteiger partial charge in [-0.3, -0.25) is 9.59 Å². The third-order valence-corrected chi connectivity index (χ3v) is 1.63. The zero-order valence-corrected chi connectivity index (χ0v) is 6.73. The first kappa shape index (κ1) is 10.9. The van der Waals surface area contributed by atoms with Gasteiger partial charge in [-0.1, -0.05) is 6.92 Å². The van der Waals surface area contributed by atoms with Crippen LogP contribution < -0.4 is 0 Å². The maximum atomic E-state index is 10.3. The molecule has 0 aliphatic rings. The molecule has 0 saturated carbocycles. The summed E-state index contributed by atoms with van der Waals surface area (Å²) in [6.45, 7) is 0.890. The molecule has 0 aromatic heterocycles. The molecule has 0 rings (SSSR count). The van der Waals surface area contributed by atoms with Gasteiger partial charge in [-0.25, -0.2) is 0 Å². The van der Waals surface area contributed by atoms with Crippen LogP contribution in [0.15, 0.2) is 0 Å². The van der Waals surface area contributed by atoms with Gasteiger partial charge in [-0.15, -0.1) is 0 Å². The fraction of sp³-hybridized carbons (Fsp3) is 0.714. The molecule has 0 fully saturated rings. The highest BCUT2D eigenvalue weighted by Gasteiger charge is 2.22. The molecule has 5 heteroatoms. The summed E-state index contributed by atoms with van der Waals surface area (Å²) in [5.74, 6) is -3.92. The van der Waals surface area contributed by atoms with Crippen molar-refractivity contribution in [3.63, 3.8) is 0 Å². The van der Waals surface area contributed by atoms with Gasteiger partial charge in [-0.2, -0.15) is 0 Å². The lowest BCUT2D eigenvalue weighted by Crippen LogP contribution is -2.23. The zero-order valence-electron chi connectivity index (χ0n) is 6.73. The van der Waals surface area contributed by atoms with E-state index in [9.17, 15) is 9.59 Å². The monoisotopic (exact) mass is 176 g/mol. The summed E-state index contributed by atoms with van der Waals surface area (Å²) >= 11 is 0. The van der Waals surface area contributed by atoms with Gasteiger partial charge in [-0.05, 0) is 6.42 Å². The number of aliphatic hydroxyl groups excluding tert-OH is 1. The number of carbonyl (C=O) groups is 2. The first-order valence-electron chi connectivity index (χ1n) is 3.55. The Kier molecular flexibility index (Phi) is 4.28. The van der Waals surface area contributed by atoms with Crippen molar-refractivity contribution in [1.82, 2.24) is 0 Å². The molecule has 0 aromatic rings. The van der Waals surface area contributed by atoms with Crippen LogP contribution in [0.5, 0.6) is 0 Å². The molecule has 2 unspecified atom stereocenters. The summed E-state index contributed by atoms with van der Waals surface area (Å²) in [6.07, 6.45) is -0.0405. The van der Waals surface area contributed by atoms with Gasteiger partial charge >= 0.3 is 11.9 Å². The molecule has 0 aliphatic carbocycles. The number of carboxylic acid groups (broad SMARTS) is 2. The standard InChI is InChI=1S/C7H12O5/c1-4(6(9)10)2-5(3-8)7(11)12/h4-5,8H,2-3H2,1H3,(H,9,10)(H,11,12). The molecule has 2 atom stereocenters. The SMILES string of the molecule is CC(CC(CO)C(=O)O)C(=O)O. The van der Waals surface area contributed by atoms with Crippen molar-refractivity contribution in [2.24, 2.45) is 11.8 Å². The molecule has 3 N–H and O–H groups in total. The largest absolute Gasteiger partial charge is 0.481 e. The van der Waals surface area contributed by atoms with Crippen LogP contribution in [0.1, 0.15) is 13.3 Å². The van der Waals surface area contributed by atoms with Crippen molar-refractivity contribution in [2.75, 3.05) is 6.61 Å². The molecule has 0 radical (unpaired) electrons. The highest BCUT2D eigenvalue weighted by molar-refractivity contribution is 5.73. The molecular weight excluding hydrogens is 164 g/mol. The van der Waals surface area contributed by atoms with Crippen LogP contribution in [0.25, 0.3) is 0 Å². The lowest BCUT2D eigenvalue weighted by Gasteiger charge is -2.11. The Morgan fingerprint density at radius 2 is 1.75 bits per heavy atom. The molecule has 70 valence electrons. The van der Waals surface area contributed by atoms with E-state index >= 15 is 0 Å². The maximum Gasteiger partial charge on any atom is 0.308 e. The van der Waals surface area contributed by atoms with Gasteiger partial charge < -0.3 is 15.3 Å². The predicted molar refractivity (Wildman–Crippen MR) is 39.6 cm³/mol. The van der Waals surface area contributed by atoms with E-state index in [0.717, 1.165) is 0 Å². The second-order valence-electron chi connectivity index (χ2n) is 2.69.